The second-order valence-corrected chi connectivity index (χ2v) is 1.59. The summed E-state index contributed by atoms with van der Waals surface area (Å²) in [6.45, 7) is 0. The van der Waals surface area contributed by atoms with Crippen molar-refractivity contribution in [3.8, 4) is 6.07 Å². The number of hydrogen-bond acceptors (Lipinski definition) is 3. The van der Waals surface area contributed by atoms with Gasteiger partial charge in [-0.2, -0.15) is 5.26 Å². The maximum atomic E-state index is 8.29. The number of rotatable bonds is 0. The Morgan fingerprint density at radius 1 is 1.18 bits per heavy atom. The monoisotopic (exact) mass is 148 g/mol. The zero-order valence-electron chi connectivity index (χ0n) is 5.81. The molecule has 3 nitrogen and oxygen atoms in total. The molecular weight excluding hydrogens is 141 g/mol. The van der Waals surface area contributed by atoms with E-state index in [-0.39, 0.29) is 7.69 Å². The van der Waals surface area contributed by atoms with Crippen LogP contribution in [0, 0.1) is 11.3 Å². The summed E-state index contributed by atoms with van der Waals surface area (Å²) in [7, 11) is 0. The number of nitriles is 1. The van der Waals surface area contributed by atoms with Crippen LogP contribution in [-0.4, -0.2) is 17.7 Å². The fourth-order valence-corrected chi connectivity index (χ4v) is 0.513. The van der Waals surface area contributed by atoms with Gasteiger partial charge in [-0.3, -0.25) is 0 Å². The van der Waals surface area contributed by atoms with E-state index in [1.807, 2.05) is 24.3 Å². The van der Waals surface area contributed by atoms with Crippen molar-refractivity contribution in [1.82, 2.24) is 0 Å². The highest BCUT2D eigenvalue weighted by Gasteiger charge is 1.79. The highest BCUT2D eigenvalue weighted by atomic mass is 16.4. The van der Waals surface area contributed by atoms with Crippen LogP contribution in [0.2, 0.25) is 0 Å². The first-order valence-electron chi connectivity index (χ1n) is 2.90. The van der Waals surface area contributed by atoms with Gasteiger partial charge in [-0.15, -0.1) is 0 Å². The highest BCUT2D eigenvalue weighted by molar-refractivity contribution is 6.13. The zero-order valence-corrected chi connectivity index (χ0v) is 5.81. The molecule has 0 saturated heterocycles. The smallest absolute Gasteiger partial charge is 0.429 e. The van der Waals surface area contributed by atoms with Crippen LogP contribution in [-0.2, 0) is 0 Å². The van der Waals surface area contributed by atoms with Gasteiger partial charge in [-0.05, 0) is 12.1 Å². The summed E-state index contributed by atoms with van der Waals surface area (Å²) in [5.41, 5.74) is 0.715. The van der Waals surface area contributed by atoms with Crippen molar-refractivity contribution in [2.75, 3.05) is 0 Å². The molecule has 11 heavy (non-hydrogen) atoms. The first kappa shape index (κ1) is 9.69. The summed E-state index contributed by atoms with van der Waals surface area (Å²) in [6, 6.07) is 11.2. The lowest BCUT2D eigenvalue weighted by atomic mass is 10.2. The van der Waals surface area contributed by atoms with Crippen molar-refractivity contribution >= 4 is 7.69 Å². The average molecular weight is 148 g/mol. The molecule has 0 aliphatic heterocycles. The third kappa shape index (κ3) is 5.15. The lowest BCUT2D eigenvalue weighted by Gasteiger charge is -1.80. The lowest BCUT2D eigenvalue weighted by Crippen LogP contribution is -1.75. The topological polar surface area (TPSA) is 64.2 Å². The second-order valence-electron chi connectivity index (χ2n) is 1.59. The number of hydrogen-bond donors (Lipinski definition) is 2. The molecule has 0 aliphatic rings. The fourth-order valence-electron chi connectivity index (χ4n) is 0.513. The van der Waals surface area contributed by atoms with E-state index in [0.717, 1.165) is 0 Å². The van der Waals surface area contributed by atoms with Gasteiger partial charge in [0.2, 0.25) is 0 Å². The Hall–Kier alpha value is -1.31. The molecule has 0 fully saturated rings. The Bertz CT molecular complexity index is 220. The SMILES string of the molecule is N#Cc1ccccc1.O[B]O. The van der Waals surface area contributed by atoms with E-state index >= 15 is 0 Å². The van der Waals surface area contributed by atoms with Gasteiger partial charge in [-0.25, -0.2) is 0 Å². The normalized spacial score (nSPS) is 7.00. The van der Waals surface area contributed by atoms with Crippen molar-refractivity contribution in [3.63, 3.8) is 0 Å². The molecule has 2 N–H and O–H groups in total. The molecule has 1 aromatic carbocycles. The lowest BCUT2D eigenvalue weighted by molar-refractivity contribution is 0.448. The zero-order chi connectivity index (χ0) is 8.53. The minimum atomic E-state index is 0. The molecule has 0 atom stereocenters. The van der Waals surface area contributed by atoms with E-state index in [4.69, 9.17) is 15.3 Å². The van der Waals surface area contributed by atoms with E-state index in [0.29, 0.717) is 5.56 Å². The molecule has 1 rings (SSSR count). The molecule has 0 unspecified atom stereocenters. The van der Waals surface area contributed by atoms with Crippen molar-refractivity contribution in [2.45, 2.75) is 0 Å². The van der Waals surface area contributed by atoms with Crippen molar-refractivity contribution < 1.29 is 10.0 Å². The first-order valence-corrected chi connectivity index (χ1v) is 2.90. The van der Waals surface area contributed by atoms with E-state index < -0.39 is 0 Å². The largest absolute Gasteiger partial charge is 0.482 e. The Labute approximate surface area is 65.8 Å². The molecular formula is C7H7BNO2. The second kappa shape index (κ2) is 6.81. The van der Waals surface area contributed by atoms with Crippen LogP contribution in [0.4, 0.5) is 0 Å². The van der Waals surface area contributed by atoms with Crippen LogP contribution >= 0.6 is 0 Å². The van der Waals surface area contributed by atoms with Crippen molar-refractivity contribution in [2.24, 2.45) is 0 Å². The van der Waals surface area contributed by atoms with Gasteiger partial charge >= 0.3 is 7.69 Å². The standard InChI is InChI=1S/C7H5N.BH2O2/c8-6-7-4-2-1-3-5-7;2-1-3/h1-5H;2-3H. The van der Waals surface area contributed by atoms with Gasteiger partial charge < -0.3 is 10.0 Å². The quantitative estimate of drug-likeness (QED) is 0.511. The van der Waals surface area contributed by atoms with Gasteiger partial charge in [-0.1, -0.05) is 18.2 Å². The summed E-state index contributed by atoms with van der Waals surface area (Å²) in [6.07, 6.45) is 0. The van der Waals surface area contributed by atoms with Crippen LogP contribution in [0.15, 0.2) is 30.3 Å². The van der Waals surface area contributed by atoms with E-state index in [9.17, 15) is 0 Å². The third-order valence-corrected chi connectivity index (χ3v) is 0.903. The molecule has 0 aromatic heterocycles. The molecule has 0 amide bonds. The fraction of sp³-hybridized carbons (Fsp3) is 0. The molecule has 0 saturated carbocycles. The Morgan fingerprint density at radius 3 is 1.91 bits per heavy atom. The summed E-state index contributed by atoms with van der Waals surface area (Å²) >= 11 is 0. The Morgan fingerprint density at radius 2 is 1.64 bits per heavy atom. The third-order valence-electron chi connectivity index (χ3n) is 0.903. The predicted molar refractivity (Wildman–Crippen MR) is 41.3 cm³/mol. The van der Waals surface area contributed by atoms with Crippen LogP contribution in [0.25, 0.3) is 0 Å². The molecule has 1 aromatic rings. The maximum absolute atomic E-state index is 8.29. The molecule has 1 radical (unpaired) electrons. The van der Waals surface area contributed by atoms with Crippen LogP contribution in [0.3, 0.4) is 0 Å². The van der Waals surface area contributed by atoms with Gasteiger partial charge in [0.25, 0.3) is 0 Å². The van der Waals surface area contributed by atoms with Gasteiger partial charge in [0, 0.05) is 0 Å². The summed E-state index contributed by atoms with van der Waals surface area (Å²) < 4.78 is 0. The van der Waals surface area contributed by atoms with Crippen molar-refractivity contribution in [1.29, 1.82) is 5.26 Å². The van der Waals surface area contributed by atoms with Crippen molar-refractivity contribution in [3.05, 3.63) is 35.9 Å². The van der Waals surface area contributed by atoms with E-state index in [1.54, 1.807) is 12.1 Å². The van der Waals surface area contributed by atoms with Crippen LogP contribution in [0.1, 0.15) is 5.56 Å². The highest BCUT2D eigenvalue weighted by Crippen LogP contribution is 1.92. The molecule has 4 heteroatoms. The van der Waals surface area contributed by atoms with Gasteiger partial charge in [0.05, 0.1) is 11.6 Å². The summed E-state index contributed by atoms with van der Waals surface area (Å²) in [5, 5.41) is 22.3. The minimum Gasteiger partial charge on any atom is -0.429 e. The van der Waals surface area contributed by atoms with Gasteiger partial charge in [0.1, 0.15) is 0 Å². The number of benzene rings is 1. The average Bonchev–Trinajstić information content (AvgIpc) is 2.08. The number of nitrogens with zero attached hydrogens (tertiary/aromatic N) is 1. The first-order chi connectivity index (χ1) is 5.35. The predicted octanol–water partition coefficient (Wildman–Crippen LogP) is 0.0635. The van der Waals surface area contributed by atoms with Gasteiger partial charge in [0.15, 0.2) is 0 Å². The summed E-state index contributed by atoms with van der Waals surface area (Å²) in [4.78, 5) is 0. The molecule has 0 spiro atoms. The minimum absolute atomic E-state index is 0. The maximum Gasteiger partial charge on any atom is 0.482 e. The molecule has 0 heterocycles. The van der Waals surface area contributed by atoms with E-state index in [1.165, 1.54) is 0 Å². The summed E-state index contributed by atoms with van der Waals surface area (Å²) in [5.74, 6) is 0. The van der Waals surface area contributed by atoms with Crippen LogP contribution in [0.5, 0.6) is 0 Å². The molecule has 0 aliphatic carbocycles. The Balaban J connectivity index is 0.000000292. The Kier molecular flexibility index (Phi) is 6.00. The van der Waals surface area contributed by atoms with E-state index in [2.05, 4.69) is 0 Å². The molecule has 55 valence electrons. The molecule has 0 bridgehead atoms. The van der Waals surface area contributed by atoms with Crippen LogP contribution < -0.4 is 0 Å².